The summed E-state index contributed by atoms with van der Waals surface area (Å²) >= 11 is 0. The van der Waals surface area contributed by atoms with Gasteiger partial charge < -0.3 is 15.5 Å². The molecule has 2 aliphatic heterocycles. The number of anilines is 2. The molecule has 0 atom stereocenters. The number of fused-ring (bicyclic) bond motifs is 1. The maximum atomic E-state index is 11.9. The number of hydrogen-bond donors (Lipinski definition) is 1. The Bertz CT molecular complexity index is 829. The van der Waals surface area contributed by atoms with Gasteiger partial charge in [0.1, 0.15) is 0 Å². The highest BCUT2D eigenvalue weighted by atomic mass is 16.2. The van der Waals surface area contributed by atoms with Crippen LogP contribution < -0.4 is 15.5 Å². The Morgan fingerprint density at radius 3 is 2.63 bits per heavy atom. The van der Waals surface area contributed by atoms with E-state index in [-0.39, 0.29) is 5.91 Å². The highest BCUT2D eigenvalue weighted by Gasteiger charge is 2.21. The highest BCUT2D eigenvalue weighted by molar-refractivity contribution is 5.96. The Labute approximate surface area is 160 Å². The van der Waals surface area contributed by atoms with Gasteiger partial charge in [-0.15, -0.1) is 0 Å². The van der Waals surface area contributed by atoms with Crippen LogP contribution in [0.2, 0.25) is 0 Å². The number of nitrogens with two attached hydrogens (primary N) is 1. The van der Waals surface area contributed by atoms with E-state index in [9.17, 15) is 4.79 Å². The molecule has 0 saturated carbocycles. The Kier molecular flexibility index (Phi) is 5.09. The molecule has 0 spiro atoms. The zero-order valence-electron chi connectivity index (χ0n) is 15.9. The fourth-order valence-electron chi connectivity index (χ4n) is 4.01. The van der Waals surface area contributed by atoms with Gasteiger partial charge in [0, 0.05) is 70.2 Å². The summed E-state index contributed by atoms with van der Waals surface area (Å²) in [4.78, 5) is 23.0. The molecule has 142 valence electrons. The molecule has 1 amide bonds. The zero-order chi connectivity index (χ0) is 18.8. The summed E-state index contributed by atoms with van der Waals surface area (Å²) in [7, 11) is 1.85. The Morgan fingerprint density at radius 1 is 1.04 bits per heavy atom. The fraction of sp³-hybridized carbons (Fsp3) is 0.429. The third-order valence-electron chi connectivity index (χ3n) is 5.66. The quantitative estimate of drug-likeness (QED) is 0.894. The van der Waals surface area contributed by atoms with E-state index in [2.05, 4.69) is 39.0 Å². The molecule has 6 heteroatoms. The molecule has 1 aromatic carbocycles. The number of amides is 1. The molecule has 2 aliphatic rings. The van der Waals surface area contributed by atoms with Gasteiger partial charge in [0.15, 0.2) is 0 Å². The lowest BCUT2D eigenvalue weighted by Crippen LogP contribution is -2.47. The van der Waals surface area contributed by atoms with E-state index in [1.807, 2.05) is 19.4 Å². The Balaban J connectivity index is 1.54. The molecule has 27 heavy (non-hydrogen) atoms. The smallest absolute Gasteiger partial charge is 0.227 e. The summed E-state index contributed by atoms with van der Waals surface area (Å²) < 4.78 is 0. The van der Waals surface area contributed by atoms with Gasteiger partial charge in [-0.05, 0) is 35.7 Å². The second-order valence-electron chi connectivity index (χ2n) is 7.35. The maximum absolute atomic E-state index is 11.9. The molecular formula is C21H27N5O. The second kappa shape index (κ2) is 7.66. The van der Waals surface area contributed by atoms with E-state index in [4.69, 9.17) is 5.73 Å². The summed E-state index contributed by atoms with van der Waals surface area (Å²) in [5.74, 6) is 0.188. The maximum Gasteiger partial charge on any atom is 0.227 e. The first-order chi connectivity index (χ1) is 13.2. The van der Waals surface area contributed by atoms with Gasteiger partial charge >= 0.3 is 0 Å². The SMILES string of the molecule is CN1C(=O)CCc2cc(-c3cncc(N4CCN(CCN)CC4)c3)ccc21. The van der Waals surface area contributed by atoms with E-state index >= 15 is 0 Å². The summed E-state index contributed by atoms with van der Waals surface area (Å²) in [5, 5.41) is 0. The fourth-order valence-corrected chi connectivity index (χ4v) is 4.01. The van der Waals surface area contributed by atoms with Crippen molar-refractivity contribution in [1.29, 1.82) is 0 Å². The van der Waals surface area contributed by atoms with E-state index in [0.29, 0.717) is 6.42 Å². The predicted molar refractivity (Wildman–Crippen MR) is 109 cm³/mol. The van der Waals surface area contributed by atoms with Crippen molar-refractivity contribution < 1.29 is 4.79 Å². The lowest BCUT2D eigenvalue weighted by molar-refractivity contribution is -0.118. The third kappa shape index (κ3) is 3.68. The van der Waals surface area contributed by atoms with Crippen LogP contribution in [0.3, 0.4) is 0 Å². The zero-order valence-corrected chi connectivity index (χ0v) is 15.9. The van der Waals surface area contributed by atoms with Crippen molar-refractivity contribution in [1.82, 2.24) is 9.88 Å². The van der Waals surface area contributed by atoms with E-state index in [1.165, 1.54) is 11.3 Å². The lowest BCUT2D eigenvalue weighted by Gasteiger charge is -2.35. The minimum atomic E-state index is 0.188. The van der Waals surface area contributed by atoms with Gasteiger partial charge in [0.25, 0.3) is 0 Å². The van der Waals surface area contributed by atoms with E-state index < -0.39 is 0 Å². The normalized spacial score (nSPS) is 17.9. The predicted octanol–water partition coefficient (Wildman–Crippen LogP) is 1.74. The van der Waals surface area contributed by atoms with Crippen molar-refractivity contribution in [2.24, 2.45) is 5.73 Å². The molecule has 0 radical (unpaired) electrons. The molecule has 0 unspecified atom stereocenters. The highest BCUT2D eigenvalue weighted by Crippen LogP contribution is 2.32. The van der Waals surface area contributed by atoms with Crippen LogP contribution in [0.5, 0.6) is 0 Å². The van der Waals surface area contributed by atoms with Gasteiger partial charge in [-0.3, -0.25) is 14.7 Å². The Hall–Kier alpha value is -2.44. The average molecular weight is 365 g/mol. The van der Waals surface area contributed by atoms with Crippen LogP contribution in [-0.2, 0) is 11.2 Å². The van der Waals surface area contributed by atoms with Gasteiger partial charge in [-0.25, -0.2) is 0 Å². The molecule has 0 bridgehead atoms. The largest absolute Gasteiger partial charge is 0.368 e. The standard InChI is InChI=1S/C21H27N5O/c1-24-20-4-2-16(12-17(20)3-5-21(24)27)18-13-19(15-23-14-18)26-10-8-25(7-6-22)9-11-26/h2,4,12-15H,3,5-11,22H2,1H3. The Morgan fingerprint density at radius 2 is 1.85 bits per heavy atom. The first-order valence-electron chi connectivity index (χ1n) is 9.68. The van der Waals surface area contributed by atoms with Crippen molar-refractivity contribution in [3.05, 3.63) is 42.2 Å². The number of benzene rings is 1. The van der Waals surface area contributed by atoms with Crippen LogP contribution in [0, 0.1) is 0 Å². The van der Waals surface area contributed by atoms with Gasteiger partial charge in [-0.2, -0.15) is 0 Å². The van der Waals surface area contributed by atoms with Gasteiger partial charge in [0.2, 0.25) is 5.91 Å². The van der Waals surface area contributed by atoms with Crippen molar-refractivity contribution in [2.45, 2.75) is 12.8 Å². The number of hydrogen-bond acceptors (Lipinski definition) is 5. The van der Waals surface area contributed by atoms with Gasteiger partial charge in [-0.1, -0.05) is 6.07 Å². The molecule has 3 heterocycles. The van der Waals surface area contributed by atoms with E-state index in [1.54, 1.807) is 4.90 Å². The minimum Gasteiger partial charge on any atom is -0.368 e. The number of rotatable bonds is 4. The summed E-state index contributed by atoms with van der Waals surface area (Å²) in [6.45, 7) is 5.78. The molecule has 6 nitrogen and oxygen atoms in total. The number of nitrogens with zero attached hydrogens (tertiary/aromatic N) is 4. The van der Waals surface area contributed by atoms with Crippen LogP contribution in [-0.4, -0.2) is 62.1 Å². The molecule has 1 aromatic heterocycles. The molecule has 1 saturated heterocycles. The first-order valence-corrected chi connectivity index (χ1v) is 9.68. The average Bonchev–Trinajstić information content (AvgIpc) is 2.71. The van der Waals surface area contributed by atoms with Crippen LogP contribution in [0.4, 0.5) is 11.4 Å². The first kappa shape index (κ1) is 17.9. The summed E-state index contributed by atoms with van der Waals surface area (Å²) in [6.07, 6.45) is 5.27. The van der Waals surface area contributed by atoms with Crippen molar-refractivity contribution in [3.8, 4) is 11.1 Å². The van der Waals surface area contributed by atoms with Crippen LogP contribution in [0.1, 0.15) is 12.0 Å². The van der Waals surface area contributed by atoms with Crippen molar-refractivity contribution >= 4 is 17.3 Å². The number of aryl methyl sites for hydroxylation is 1. The molecular weight excluding hydrogens is 338 g/mol. The monoisotopic (exact) mass is 365 g/mol. The van der Waals surface area contributed by atoms with Crippen molar-refractivity contribution in [2.75, 3.05) is 56.1 Å². The number of aromatic nitrogens is 1. The molecule has 2 N–H and O–H groups in total. The van der Waals surface area contributed by atoms with Crippen molar-refractivity contribution in [3.63, 3.8) is 0 Å². The minimum absolute atomic E-state index is 0.188. The van der Waals surface area contributed by atoms with Gasteiger partial charge in [0.05, 0.1) is 11.9 Å². The molecule has 0 aliphatic carbocycles. The van der Waals surface area contributed by atoms with E-state index in [0.717, 1.165) is 62.5 Å². The topological polar surface area (TPSA) is 65.7 Å². The number of pyridine rings is 1. The van der Waals surface area contributed by atoms with Crippen LogP contribution in [0.15, 0.2) is 36.7 Å². The second-order valence-corrected chi connectivity index (χ2v) is 7.35. The summed E-state index contributed by atoms with van der Waals surface area (Å²) in [6, 6.07) is 8.58. The summed E-state index contributed by atoms with van der Waals surface area (Å²) in [5.41, 5.74) is 11.4. The number of carbonyl (C=O) groups is 1. The molecule has 1 fully saturated rings. The third-order valence-corrected chi connectivity index (χ3v) is 5.66. The number of piperazine rings is 1. The molecule has 4 rings (SSSR count). The van der Waals surface area contributed by atoms with Crippen LogP contribution in [0.25, 0.3) is 11.1 Å². The van der Waals surface area contributed by atoms with Crippen LogP contribution >= 0.6 is 0 Å². The lowest BCUT2D eigenvalue weighted by atomic mass is 9.96. The molecule has 2 aromatic rings. The number of carbonyl (C=O) groups excluding carboxylic acids is 1.